The van der Waals surface area contributed by atoms with Gasteiger partial charge in [0.1, 0.15) is 5.52 Å². The van der Waals surface area contributed by atoms with E-state index < -0.39 is 0 Å². The summed E-state index contributed by atoms with van der Waals surface area (Å²) in [4.78, 5) is 15.8. The number of fused-ring (bicyclic) bond motifs is 4. The Kier molecular flexibility index (Phi) is 6.16. The Balaban J connectivity index is 1.19. The van der Waals surface area contributed by atoms with Crippen LogP contribution >= 0.6 is 0 Å². The average Bonchev–Trinajstić information content (AvgIpc) is 3.52. The van der Waals surface area contributed by atoms with Gasteiger partial charge in [-0.25, -0.2) is 0 Å². The van der Waals surface area contributed by atoms with Crippen LogP contribution in [-0.2, 0) is 4.74 Å². The molecule has 0 spiro atoms. The molecule has 3 heterocycles. The molecule has 1 aromatic heterocycles. The molecule has 2 aromatic carbocycles. The molecule has 3 N–H and O–H groups in total. The molecule has 5 atom stereocenters. The molecule has 6 rings (SSSR count). The summed E-state index contributed by atoms with van der Waals surface area (Å²) in [6, 6.07) is 15.2. The first-order valence-electron chi connectivity index (χ1n) is 12.9. The highest BCUT2D eigenvalue weighted by atomic mass is 16.5. The van der Waals surface area contributed by atoms with Gasteiger partial charge in [0.2, 0.25) is 0 Å². The number of anilines is 1. The van der Waals surface area contributed by atoms with Gasteiger partial charge in [-0.2, -0.15) is 0 Å². The second-order valence-corrected chi connectivity index (χ2v) is 10.4. The summed E-state index contributed by atoms with van der Waals surface area (Å²) < 4.78 is 5.58. The van der Waals surface area contributed by atoms with Gasteiger partial charge >= 0.3 is 0 Å². The van der Waals surface area contributed by atoms with Crippen molar-refractivity contribution >= 4 is 22.6 Å². The zero-order chi connectivity index (χ0) is 23.8. The van der Waals surface area contributed by atoms with Crippen LogP contribution in [0.1, 0.15) is 54.1 Å². The van der Waals surface area contributed by atoms with Gasteiger partial charge in [0.15, 0.2) is 0 Å². The summed E-state index contributed by atoms with van der Waals surface area (Å²) in [6.45, 7) is 2.83. The Labute approximate surface area is 205 Å². The number of rotatable bonds is 6. The molecule has 2 fully saturated rings. The van der Waals surface area contributed by atoms with Gasteiger partial charge in [-0.15, -0.1) is 5.10 Å². The molecule has 0 unspecified atom stereocenters. The number of carbonyl (C=O) groups excluding carboxylic acids is 1. The summed E-state index contributed by atoms with van der Waals surface area (Å²) in [7, 11) is 1.79. The van der Waals surface area contributed by atoms with E-state index in [4.69, 9.17) is 4.74 Å². The number of carbonyl (C=O) groups is 1. The highest BCUT2D eigenvalue weighted by molar-refractivity contribution is 5.97. The summed E-state index contributed by atoms with van der Waals surface area (Å²) in [5.74, 6) is 0.972. The molecule has 1 aliphatic carbocycles. The van der Waals surface area contributed by atoms with Crippen LogP contribution in [0.4, 0.5) is 5.69 Å². The predicted octanol–water partition coefficient (Wildman–Crippen LogP) is 3.75. The largest absolute Gasteiger partial charge is 0.383 e. The van der Waals surface area contributed by atoms with E-state index >= 15 is 0 Å². The van der Waals surface area contributed by atoms with E-state index in [1.807, 2.05) is 18.2 Å². The van der Waals surface area contributed by atoms with E-state index in [1.54, 1.807) is 7.11 Å². The Morgan fingerprint density at radius 2 is 2.06 bits per heavy atom. The minimum atomic E-state index is -0.0153. The van der Waals surface area contributed by atoms with Gasteiger partial charge in [0.25, 0.3) is 5.91 Å². The zero-order valence-corrected chi connectivity index (χ0v) is 20.2. The van der Waals surface area contributed by atoms with Gasteiger partial charge in [0.05, 0.1) is 18.2 Å². The topological polar surface area (TPSA) is 95.2 Å². The van der Waals surface area contributed by atoms with Crippen LogP contribution < -0.4 is 10.6 Å². The normalized spacial score (nSPS) is 28.3. The minimum absolute atomic E-state index is 0.0153. The van der Waals surface area contributed by atoms with E-state index in [0.717, 1.165) is 43.6 Å². The Morgan fingerprint density at radius 3 is 2.97 bits per heavy atom. The fraction of sp³-hybridized carbons (Fsp3) is 0.519. The number of aromatic nitrogens is 3. The number of hydrogen-bond donors (Lipinski definition) is 3. The number of aromatic amines is 1. The maximum absolute atomic E-state index is 13.2. The van der Waals surface area contributed by atoms with Crippen LogP contribution in [0.15, 0.2) is 42.5 Å². The summed E-state index contributed by atoms with van der Waals surface area (Å²) in [5.41, 5.74) is 4.84. The lowest BCUT2D eigenvalue weighted by molar-refractivity contribution is 0.0865. The van der Waals surface area contributed by atoms with E-state index in [1.165, 1.54) is 30.5 Å². The average molecular weight is 475 g/mol. The van der Waals surface area contributed by atoms with Gasteiger partial charge in [-0.1, -0.05) is 36.3 Å². The molecule has 8 heteroatoms. The summed E-state index contributed by atoms with van der Waals surface area (Å²) >= 11 is 0. The molecule has 0 radical (unpaired) electrons. The van der Waals surface area contributed by atoms with E-state index in [9.17, 15) is 4.79 Å². The van der Waals surface area contributed by atoms with Gasteiger partial charge in [-0.05, 0) is 61.6 Å². The number of H-pyrrole nitrogens is 1. The van der Waals surface area contributed by atoms with Crippen molar-refractivity contribution in [2.75, 3.05) is 32.1 Å². The zero-order valence-electron chi connectivity index (χ0n) is 20.2. The predicted molar refractivity (Wildman–Crippen MR) is 135 cm³/mol. The van der Waals surface area contributed by atoms with Crippen molar-refractivity contribution in [3.05, 3.63) is 53.6 Å². The summed E-state index contributed by atoms with van der Waals surface area (Å²) in [6.07, 6.45) is 5.76. The number of hydrogen-bond acceptors (Lipinski definition) is 6. The highest BCUT2D eigenvalue weighted by Crippen LogP contribution is 2.47. The molecule has 0 bridgehead atoms. The second kappa shape index (κ2) is 9.59. The number of nitrogens with one attached hydrogen (secondary N) is 3. The smallest absolute Gasteiger partial charge is 0.251 e. The highest BCUT2D eigenvalue weighted by Gasteiger charge is 2.45. The van der Waals surface area contributed by atoms with E-state index in [2.05, 4.69) is 55.2 Å². The molecule has 2 aliphatic heterocycles. The number of methoxy groups -OCH3 is 1. The van der Waals surface area contributed by atoms with Crippen LogP contribution in [0.5, 0.6) is 0 Å². The molecule has 1 saturated heterocycles. The van der Waals surface area contributed by atoms with Crippen molar-refractivity contribution in [2.45, 2.75) is 50.2 Å². The lowest BCUT2D eigenvalue weighted by Crippen LogP contribution is -2.48. The van der Waals surface area contributed by atoms with Crippen molar-refractivity contribution in [3.63, 3.8) is 0 Å². The third kappa shape index (κ3) is 4.29. The monoisotopic (exact) mass is 474 g/mol. The van der Waals surface area contributed by atoms with E-state index in [0.29, 0.717) is 29.5 Å². The second-order valence-electron chi connectivity index (χ2n) is 10.4. The maximum atomic E-state index is 13.2. The molecule has 184 valence electrons. The first-order chi connectivity index (χ1) is 17.2. The third-order valence-electron chi connectivity index (χ3n) is 8.31. The molecular formula is C27H34N6O2. The number of benzene rings is 2. The van der Waals surface area contributed by atoms with Crippen LogP contribution in [-0.4, -0.2) is 65.1 Å². The van der Waals surface area contributed by atoms with Crippen LogP contribution in [0.3, 0.4) is 0 Å². The van der Waals surface area contributed by atoms with Gasteiger partial charge in [-0.3, -0.25) is 14.8 Å². The molecular weight excluding hydrogens is 440 g/mol. The van der Waals surface area contributed by atoms with Crippen molar-refractivity contribution in [2.24, 2.45) is 11.8 Å². The fourth-order valence-corrected chi connectivity index (χ4v) is 6.63. The number of para-hydroxylation sites is 1. The van der Waals surface area contributed by atoms with Gasteiger partial charge in [0, 0.05) is 42.9 Å². The fourth-order valence-electron chi connectivity index (χ4n) is 6.63. The molecule has 1 amide bonds. The first kappa shape index (κ1) is 22.5. The van der Waals surface area contributed by atoms with Crippen molar-refractivity contribution in [1.29, 1.82) is 0 Å². The Morgan fingerprint density at radius 1 is 1.17 bits per heavy atom. The Hall–Kier alpha value is -2.97. The maximum Gasteiger partial charge on any atom is 0.251 e. The van der Waals surface area contributed by atoms with Crippen molar-refractivity contribution in [1.82, 2.24) is 25.6 Å². The van der Waals surface area contributed by atoms with Crippen molar-refractivity contribution < 1.29 is 9.53 Å². The number of nitrogens with zero attached hydrogens (tertiary/aromatic N) is 3. The lowest BCUT2D eigenvalue weighted by Gasteiger charge is -2.42. The third-order valence-corrected chi connectivity index (χ3v) is 8.31. The number of likely N-dealkylation sites (tertiary alicyclic amines) is 1. The standard InChI is InChI=1S/C27H34N6O2/c1-35-16-25-20-12-13-33(26(20)19-7-3-5-9-22(19)28-25)15-18-6-2-4-8-21(18)29-27(34)17-10-11-23-24(14-17)31-32-30-23/h3,5,7,9-11,14,18,20-21,25-26,28H,2,4,6,8,12-13,15-16H2,1H3,(H,29,34)(H,30,31,32)/t18-,20+,21+,25-,26-/m0/s1. The molecule has 35 heavy (non-hydrogen) atoms. The van der Waals surface area contributed by atoms with Crippen LogP contribution in [0.25, 0.3) is 11.0 Å². The molecule has 3 aromatic rings. The minimum Gasteiger partial charge on any atom is -0.383 e. The van der Waals surface area contributed by atoms with E-state index in [-0.39, 0.29) is 11.9 Å². The first-order valence-corrected chi connectivity index (χ1v) is 12.9. The Bertz CT molecular complexity index is 1200. The van der Waals surface area contributed by atoms with Crippen LogP contribution in [0, 0.1) is 11.8 Å². The molecule has 3 aliphatic rings. The molecule has 1 saturated carbocycles. The number of amides is 1. The summed E-state index contributed by atoms with van der Waals surface area (Å²) in [5, 5.41) is 17.9. The lowest BCUT2D eigenvalue weighted by atomic mass is 9.81. The quantitative estimate of drug-likeness (QED) is 0.504. The van der Waals surface area contributed by atoms with Crippen molar-refractivity contribution in [3.8, 4) is 0 Å². The van der Waals surface area contributed by atoms with Gasteiger partial charge < -0.3 is 15.4 Å². The SMILES string of the molecule is COC[C@@H]1Nc2ccccc2[C@H]2[C@@H]1CCN2C[C@@H]1CCCC[C@H]1NC(=O)c1ccc2[nH]nnc2c1. The van der Waals surface area contributed by atoms with Crippen LogP contribution in [0.2, 0.25) is 0 Å². The number of ether oxygens (including phenoxy) is 1. The molecule has 8 nitrogen and oxygen atoms in total.